The predicted octanol–water partition coefficient (Wildman–Crippen LogP) is 5.56. The highest BCUT2D eigenvalue weighted by molar-refractivity contribution is 6.03. The Kier molecular flexibility index (Phi) is 11.2. The van der Waals surface area contributed by atoms with Crippen LogP contribution in [-0.2, 0) is 20.9 Å². The molecule has 55 heavy (non-hydrogen) atoms. The smallest absolute Gasteiger partial charge is 0.335 e. The van der Waals surface area contributed by atoms with E-state index in [1.807, 2.05) is 84.9 Å². The number of ether oxygens (including phenoxy) is 3. The van der Waals surface area contributed by atoms with E-state index >= 15 is 0 Å². The second kappa shape index (κ2) is 16.4. The molecule has 0 aromatic heterocycles. The van der Waals surface area contributed by atoms with Gasteiger partial charge in [-0.2, -0.15) is 0 Å². The van der Waals surface area contributed by atoms with E-state index in [9.17, 15) is 39.5 Å². The maximum absolute atomic E-state index is 13.9. The summed E-state index contributed by atoms with van der Waals surface area (Å²) in [5.74, 6) is -1.80. The number of halogens is 1. The van der Waals surface area contributed by atoms with Gasteiger partial charge >= 0.3 is 5.97 Å². The molecule has 0 aliphatic carbocycles. The summed E-state index contributed by atoms with van der Waals surface area (Å²) < 4.78 is 31.2. The fourth-order valence-corrected chi connectivity index (χ4v) is 7.10. The van der Waals surface area contributed by atoms with Gasteiger partial charge in [-0.3, -0.25) is 4.79 Å². The molecule has 284 valence electrons. The van der Waals surface area contributed by atoms with Crippen LogP contribution < -0.4 is 14.4 Å². The van der Waals surface area contributed by atoms with E-state index in [1.165, 1.54) is 24.3 Å². The third-order valence-electron chi connectivity index (χ3n) is 10.1. The van der Waals surface area contributed by atoms with Gasteiger partial charge in [0.2, 0.25) is 12.2 Å². The highest BCUT2D eigenvalue weighted by atomic mass is 19.1. The fourth-order valence-electron chi connectivity index (χ4n) is 7.10. The molecule has 12 heteroatoms. The van der Waals surface area contributed by atoms with Crippen LogP contribution in [0.4, 0.5) is 10.1 Å². The summed E-state index contributed by atoms with van der Waals surface area (Å²) in [5.41, 5.74) is 4.33. The molecule has 0 spiro atoms. The van der Waals surface area contributed by atoms with E-state index < -0.39 is 60.6 Å². The Balaban J connectivity index is 1.21. The van der Waals surface area contributed by atoms with Crippen LogP contribution in [0.15, 0.2) is 127 Å². The summed E-state index contributed by atoms with van der Waals surface area (Å²) in [6.07, 6.45) is -9.06. The molecule has 2 saturated heterocycles. The molecule has 2 heterocycles. The van der Waals surface area contributed by atoms with Gasteiger partial charge in [-0.1, -0.05) is 84.9 Å². The van der Waals surface area contributed by atoms with Gasteiger partial charge < -0.3 is 44.6 Å². The minimum absolute atomic E-state index is 0.0969. The van der Waals surface area contributed by atoms with Gasteiger partial charge in [0.1, 0.15) is 42.2 Å². The maximum atomic E-state index is 13.9. The average molecular weight is 750 g/mol. The first-order valence-electron chi connectivity index (χ1n) is 17.9. The maximum Gasteiger partial charge on any atom is 0.335 e. The number of nitrogens with zero attached hydrogens (tertiary/aromatic N) is 1. The van der Waals surface area contributed by atoms with Crippen molar-refractivity contribution in [3.8, 4) is 22.6 Å². The van der Waals surface area contributed by atoms with Crippen LogP contribution in [0.2, 0.25) is 0 Å². The highest BCUT2D eigenvalue weighted by Crippen LogP contribution is 2.49. The molecular weight excluding hydrogens is 709 g/mol. The SMILES string of the molecule is O=C(O)[C@H]1OC(Oc2cccc(-c3ccc(C4[C@@H](CC[C@H](O)c5ccc(F)cc5)C(=O)N4c4ccccc4)c(OCc4ccccc4)c3)c2)[C@H](O)C(O)[C@@H]1O. The molecule has 2 fully saturated rings. The zero-order chi connectivity index (χ0) is 38.6. The summed E-state index contributed by atoms with van der Waals surface area (Å²) in [6, 6.07) is 36.6. The normalized spacial score (nSPS) is 24.1. The van der Waals surface area contributed by atoms with Crippen molar-refractivity contribution >= 4 is 17.6 Å². The minimum atomic E-state index is -1.85. The largest absolute Gasteiger partial charge is 0.489 e. The van der Waals surface area contributed by atoms with Crippen LogP contribution >= 0.6 is 0 Å². The zero-order valence-electron chi connectivity index (χ0n) is 29.5. The number of para-hydroxylation sites is 1. The quantitative estimate of drug-likeness (QED) is 0.0963. The summed E-state index contributed by atoms with van der Waals surface area (Å²) in [5, 5.41) is 51.3. The molecular formula is C43H40FNO10. The van der Waals surface area contributed by atoms with E-state index in [4.69, 9.17) is 14.2 Å². The minimum Gasteiger partial charge on any atom is -0.489 e. The number of aliphatic carboxylic acids is 1. The lowest BCUT2D eigenvalue weighted by Gasteiger charge is -2.48. The third-order valence-corrected chi connectivity index (χ3v) is 10.1. The van der Waals surface area contributed by atoms with Gasteiger partial charge in [0.25, 0.3) is 0 Å². The van der Waals surface area contributed by atoms with E-state index in [0.29, 0.717) is 34.5 Å². The highest BCUT2D eigenvalue weighted by Gasteiger charge is 2.50. The van der Waals surface area contributed by atoms with Gasteiger partial charge in [-0.25, -0.2) is 9.18 Å². The van der Waals surface area contributed by atoms with Crippen molar-refractivity contribution in [3.63, 3.8) is 0 Å². The van der Waals surface area contributed by atoms with Crippen LogP contribution in [0.1, 0.15) is 41.7 Å². The Morgan fingerprint density at radius 2 is 1.49 bits per heavy atom. The van der Waals surface area contributed by atoms with Crippen molar-refractivity contribution in [2.45, 2.75) is 62.3 Å². The Hall–Kier alpha value is -5.63. The van der Waals surface area contributed by atoms with Gasteiger partial charge in [-0.05, 0) is 77.6 Å². The van der Waals surface area contributed by atoms with Crippen molar-refractivity contribution in [2.24, 2.45) is 5.92 Å². The molecule has 2 aliphatic heterocycles. The lowest BCUT2D eigenvalue weighted by Crippen LogP contribution is -2.61. The topological polar surface area (TPSA) is 166 Å². The molecule has 3 unspecified atom stereocenters. The van der Waals surface area contributed by atoms with Crippen molar-refractivity contribution < 1.29 is 53.7 Å². The van der Waals surface area contributed by atoms with Gasteiger partial charge in [0.15, 0.2) is 6.10 Å². The number of benzene rings is 5. The first kappa shape index (κ1) is 37.7. The summed E-state index contributed by atoms with van der Waals surface area (Å²) in [7, 11) is 0. The molecule has 11 nitrogen and oxygen atoms in total. The number of hydrogen-bond donors (Lipinski definition) is 5. The van der Waals surface area contributed by atoms with Gasteiger partial charge in [-0.15, -0.1) is 0 Å². The average Bonchev–Trinajstić information content (AvgIpc) is 3.20. The van der Waals surface area contributed by atoms with E-state index in [2.05, 4.69) is 0 Å². The first-order valence-corrected chi connectivity index (χ1v) is 17.9. The molecule has 7 rings (SSSR count). The molecule has 0 bridgehead atoms. The second-order valence-electron chi connectivity index (χ2n) is 13.6. The van der Waals surface area contributed by atoms with Crippen molar-refractivity contribution in [2.75, 3.05) is 4.90 Å². The second-order valence-corrected chi connectivity index (χ2v) is 13.6. The molecule has 5 aromatic rings. The molecule has 5 aromatic carbocycles. The zero-order valence-corrected chi connectivity index (χ0v) is 29.5. The van der Waals surface area contributed by atoms with Crippen LogP contribution in [-0.4, -0.2) is 68.1 Å². The summed E-state index contributed by atoms with van der Waals surface area (Å²) in [6.45, 7) is 0.232. The lowest BCUT2D eigenvalue weighted by atomic mass is 9.77. The van der Waals surface area contributed by atoms with Crippen LogP contribution in [0.25, 0.3) is 11.1 Å². The van der Waals surface area contributed by atoms with Gasteiger partial charge in [0.05, 0.1) is 18.1 Å². The third kappa shape index (κ3) is 8.09. The number of rotatable bonds is 13. The van der Waals surface area contributed by atoms with Crippen molar-refractivity contribution in [3.05, 3.63) is 150 Å². The molecule has 5 N–H and O–H groups in total. The monoisotopic (exact) mass is 749 g/mol. The summed E-state index contributed by atoms with van der Waals surface area (Å²) >= 11 is 0. The molecule has 2 aliphatic rings. The molecule has 0 saturated carbocycles. The number of hydrogen-bond acceptors (Lipinski definition) is 9. The number of β-lactam (4-membered cyclic amide) rings is 1. The molecule has 1 amide bonds. The number of amides is 1. The fraction of sp³-hybridized carbons (Fsp3) is 0.256. The lowest BCUT2D eigenvalue weighted by molar-refractivity contribution is -0.271. The van der Waals surface area contributed by atoms with Crippen LogP contribution in [0.5, 0.6) is 11.5 Å². The number of aliphatic hydroxyl groups excluding tert-OH is 4. The number of carbonyl (C=O) groups excluding carboxylic acids is 1. The van der Waals surface area contributed by atoms with E-state index in [-0.39, 0.29) is 24.7 Å². The number of anilines is 1. The Morgan fingerprint density at radius 1 is 0.800 bits per heavy atom. The van der Waals surface area contributed by atoms with Gasteiger partial charge in [0, 0.05) is 11.3 Å². The predicted molar refractivity (Wildman–Crippen MR) is 198 cm³/mol. The van der Waals surface area contributed by atoms with Crippen molar-refractivity contribution in [1.29, 1.82) is 0 Å². The summed E-state index contributed by atoms with van der Waals surface area (Å²) in [4.78, 5) is 27.2. The number of carboxylic acids is 1. The molecule has 0 radical (unpaired) electrons. The van der Waals surface area contributed by atoms with E-state index in [1.54, 1.807) is 23.1 Å². The van der Waals surface area contributed by atoms with Crippen LogP contribution in [0, 0.1) is 11.7 Å². The number of carboxylic acid groups (broad SMARTS) is 1. The van der Waals surface area contributed by atoms with Crippen LogP contribution in [0.3, 0.4) is 0 Å². The first-order chi connectivity index (χ1) is 26.6. The standard InChI is InChI=1S/C43H40FNO10/c44-29-17-14-26(15-18-29)34(46)21-20-33-36(45(41(33)50)30-11-5-2-6-12-30)32-19-16-28(23-35(32)53-24-25-8-3-1-4-9-25)27-10-7-13-31(22-27)54-43-39(49)37(47)38(48)40(55-43)42(51)52/h1-19,22-23,33-34,36-40,43,46-49H,20-21,24H2,(H,51,52)/t33-,34+,36?,37?,38+,39-,40+,43?/m1/s1. The van der Waals surface area contributed by atoms with Crippen molar-refractivity contribution in [1.82, 2.24) is 0 Å². The Bertz CT molecular complexity index is 2100. The Labute approximate surface area is 316 Å². The van der Waals surface area contributed by atoms with E-state index in [0.717, 1.165) is 11.1 Å². The number of carbonyl (C=O) groups is 2. The Morgan fingerprint density at radius 3 is 2.20 bits per heavy atom. The number of aliphatic hydroxyl groups is 4. The molecule has 8 atom stereocenters.